The Hall–Kier alpha value is -3.36. The molecule has 0 aliphatic carbocycles. The molecule has 9 nitrogen and oxygen atoms in total. The fourth-order valence-corrected chi connectivity index (χ4v) is 3.90. The quantitative estimate of drug-likeness (QED) is 0.461. The van der Waals surface area contributed by atoms with Crippen LogP contribution in [-0.4, -0.2) is 54.7 Å². The molecule has 9 heteroatoms. The molecule has 4 N–H and O–H groups in total. The summed E-state index contributed by atoms with van der Waals surface area (Å²) in [6.45, 7) is 6.04. The lowest BCUT2D eigenvalue weighted by Gasteiger charge is -2.31. The molecule has 172 valence electrons. The number of aromatic amines is 1. The van der Waals surface area contributed by atoms with Gasteiger partial charge in [0.2, 0.25) is 11.8 Å². The van der Waals surface area contributed by atoms with E-state index in [0.29, 0.717) is 30.7 Å². The highest BCUT2D eigenvalue weighted by Crippen LogP contribution is 2.27. The summed E-state index contributed by atoms with van der Waals surface area (Å²) in [7, 11) is 1.56. The van der Waals surface area contributed by atoms with Crippen LogP contribution in [-0.2, 0) is 14.4 Å². The van der Waals surface area contributed by atoms with Crippen molar-refractivity contribution in [3.8, 4) is 5.75 Å². The van der Waals surface area contributed by atoms with E-state index in [1.54, 1.807) is 19.2 Å². The first-order valence-electron chi connectivity index (χ1n) is 10.6. The van der Waals surface area contributed by atoms with Crippen molar-refractivity contribution < 1.29 is 23.9 Å². The molecule has 0 saturated carbocycles. The Bertz CT molecular complexity index is 1020. The molecular weight excluding hydrogens is 412 g/mol. The summed E-state index contributed by atoms with van der Waals surface area (Å²) in [5.74, 6) is -0.714. The third kappa shape index (κ3) is 5.09. The van der Waals surface area contributed by atoms with Crippen LogP contribution in [0.2, 0.25) is 0 Å². The number of hydrogen-bond acceptors (Lipinski definition) is 5. The molecule has 1 fully saturated rings. The van der Waals surface area contributed by atoms with Gasteiger partial charge in [-0.1, -0.05) is 26.8 Å². The molecule has 3 rings (SSSR count). The number of aromatic nitrogens is 1. The molecule has 2 heterocycles. The second-order valence-electron chi connectivity index (χ2n) is 9.14. The molecule has 2 aromatic rings. The number of rotatable bonds is 8. The summed E-state index contributed by atoms with van der Waals surface area (Å²) in [5, 5.41) is 8.96. The molecule has 0 unspecified atom stereocenters. The van der Waals surface area contributed by atoms with Crippen molar-refractivity contribution in [1.29, 1.82) is 0 Å². The Labute approximate surface area is 186 Å². The zero-order chi connectivity index (χ0) is 23.5. The lowest BCUT2D eigenvalue weighted by Crippen LogP contribution is -2.56. The van der Waals surface area contributed by atoms with Gasteiger partial charge in [-0.3, -0.25) is 14.4 Å². The number of hydrogen-bond donors (Lipinski definition) is 4. The van der Waals surface area contributed by atoms with E-state index in [0.717, 1.165) is 10.9 Å². The molecule has 1 aromatic carbocycles. The average Bonchev–Trinajstić information content (AvgIpc) is 3.36. The molecule has 1 aliphatic rings. The van der Waals surface area contributed by atoms with E-state index in [1.807, 2.05) is 32.9 Å². The first kappa shape index (κ1) is 23.3. The first-order chi connectivity index (χ1) is 15.1. The Morgan fingerprint density at radius 2 is 2.03 bits per heavy atom. The third-order valence-electron chi connectivity index (χ3n) is 5.69. The van der Waals surface area contributed by atoms with E-state index in [9.17, 15) is 19.2 Å². The van der Waals surface area contributed by atoms with E-state index in [2.05, 4.69) is 20.9 Å². The highest BCUT2D eigenvalue weighted by atomic mass is 16.5. The van der Waals surface area contributed by atoms with Gasteiger partial charge in [0.1, 0.15) is 23.8 Å². The standard InChI is InChI=1S/C23H30N4O5/c1-23(2,3)19(22(31)25-14(12-28)10-13-8-9-24-20(13)29)27-21(30)17-11-15-16(26-17)6-5-7-18(15)32-4/h5-7,11-14,19,26H,8-10H2,1-4H3,(H,24,29)(H,25,31)(H,27,30)/t13-,14-,19+/m0/s1. The Kier molecular flexibility index (Phi) is 6.86. The van der Waals surface area contributed by atoms with E-state index < -0.39 is 29.3 Å². The van der Waals surface area contributed by atoms with Gasteiger partial charge in [-0.25, -0.2) is 0 Å². The molecule has 0 radical (unpaired) electrons. The fourth-order valence-electron chi connectivity index (χ4n) is 3.90. The number of benzene rings is 1. The molecule has 1 aliphatic heterocycles. The number of amides is 3. The van der Waals surface area contributed by atoms with E-state index >= 15 is 0 Å². The zero-order valence-electron chi connectivity index (χ0n) is 18.8. The predicted molar refractivity (Wildman–Crippen MR) is 119 cm³/mol. The summed E-state index contributed by atoms with van der Waals surface area (Å²) in [4.78, 5) is 52.4. The van der Waals surface area contributed by atoms with Gasteiger partial charge in [0.25, 0.3) is 5.91 Å². The van der Waals surface area contributed by atoms with Crippen molar-refractivity contribution in [2.24, 2.45) is 11.3 Å². The largest absolute Gasteiger partial charge is 0.496 e. The van der Waals surface area contributed by atoms with Crippen molar-refractivity contribution in [3.05, 3.63) is 30.0 Å². The Morgan fingerprint density at radius 1 is 1.28 bits per heavy atom. The zero-order valence-corrected chi connectivity index (χ0v) is 18.8. The van der Waals surface area contributed by atoms with Crippen molar-refractivity contribution >= 4 is 34.9 Å². The van der Waals surface area contributed by atoms with Crippen LogP contribution in [0.15, 0.2) is 24.3 Å². The van der Waals surface area contributed by atoms with Crippen LogP contribution in [0.1, 0.15) is 44.1 Å². The van der Waals surface area contributed by atoms with E-state index in [1.165, 1.54) is 0 Å². The number of methoxy groups -OCH3 is 1. The minimum Gasteiger partial charge on any atom is -0.496 e. The molecule has 3 amide bonds. The Morgan fingerprint density at radius 3 is 2.62 bits per heavy atom. The fraction of sp³-hybridized carbons (Fsp3) is 0.478. The van der Waals surface area contributed by atoms with E-state index in [-0.39, 0.29) is 18.2 Å². The van der Waals surface area contributed by atoms with Crippen LogP contribution in [0.25, 0.3) is 10.9 Å². The van der Waals surface area contributed by atoms with Gasteiger partial charge >= 0.3 is 0 Å². The summed E-state index contributed by atoms with van der Waals surface area (Å²) >= 11 is 0. The second-order valence-corrected chi connectivity index (χ2v) is 9.14. The maximum atomic E-state index is 13.0. The number of fused-ring (bicyclic) bond motifs is 1. The summed E-state index contributed by atoms with van der Waals surface area (Å²) in [6, 6.07) is 5.41. The molecule has 1 saturated heterocycles. The smallest absolute Gasteiger partial charge is 0.268 e. The Balaban J connectivity index is 1.74. The average molecular weight is 443 g/mol. The predicted octanol–water partition coefficient (Wildman–Crippen LogP) is 1.53. The summed E-state index contributed by atoms with van der Waals surface area (Å²) < 4.78 is 5.33. The monoisotopic (exact) mass is 442 g/mol. The van der Waals surface area contributed by atoms with Crippen molar-refractivity contribution in [2.45, 2.75) is 45.7 Å². The van der Waals surface area contributed by atoms with Gasteiger partial charge in [0.05, 0.1) is 13.2 Å². The molecule has 1 aromatic heterocycles. The number of carbonyl (C=O) groups excluding carboxylic acids is 4. The van der Waals surface area contributed by atoms with Crippen molar-refractivity contribution in [2.75, 3.05) is 13.7 Å². The minimum absolute atomic E-state index is 0.110. The number of H-pyrrole nitrogens is 1. The van der Waals surface area contributed by atoms with Crippen LogP contribution in [0, 0.1) is 11.3 Å². The normalized spacial score (nSPS) is 18.0. The number of carbonyl (C=O) groups is 4. The molecule has 3 atom stereocenters. The van der Waals surface area contributed by atoms with Gasteiger partial charge in [-0.05, 0) is 36.5 Å². The van der Waals surface area contributed by atoms with Crippen molar-refractivity contribution in [3.63, 3.8) is 0 Å². The van der Waals surface area contributed by atoms with Gasteiger partial charge in [-0.15, -0.1) is 0 Å². The molecular formula is C23H30N4O5. The minimum atomic E-state index is -0.900. The lowest BCUT2D eigenvalue weighted by atomic mass is 9.85. The van der Waals surface area contributed by atoms with Crippen LogP contribution < -0.4 is 20.7 Å². The summed E-state index contributed by atoms with van der Waals surface area (Å²) in [6.07, 6.45) is 1.49. The third-order valence-corrected chi connectivity index (χ3v) is 5.69. The van der Waals surface area contributed by atoms with Gasteiger partial charge in [0, 0.05) is 23.4 Å². The number of nitrogens with one attached hydrogen (secondary N) is 4. The first-order valence-corrected chi connectivity index (χ1v) is 10.6. The SMILES string of the molecule is COc1cccc2[nH]c(C(=O)N[C@H](C(=O)N[C@H](C=O)C[C@@H]3CCNC3=O)C(C)(C)C)cc12. The second kappa shape index (κ2) is 9.42. The van der Waals surface area contributed by atoms with Crippen LogP contribution in [0.3, 0.4) is 0 Å². The lowest BCUT2D eigenvalue weighted by molar-refractivity contribution is -0.129. The summed E-state index contributed by atoms with van der Waals surface area (Å²) in [5.41, 5.74) is 0.407. The topological polar surface area (TPSA) is 129 Å². The number of ether oxygens (including phenoxy) is 1. The highest BCUT2D eigenvalue weighted by Gasteiger charge is 2.35. The van der Waals surface area contributed by atoms with Crippen LogP contribution >= 0.6 is 0 Å². The van der Waals surface area contributed by atoms with Crippen LogP contribution in [0.5, 0.6) is 5.75 Å². The van der Waals surface area contributed by atoms with Crippen LogP contribution in [0.4, 0.5) is 0 Å². The maximum absolute atomic E-state index is 13.0. The van der Waals surface area contributed by atoms with E-state index in [4.69, 9.17) is 4.74 Å². The molecule has 0 spiro atoms. The number of aldehydes is 1. The molecule has 32 heavy (non-hydrogen) atoms. The van der Waals surface area contributed by atoms with Gasteiger partial charge in [-0.2, -0.15) is 0 Å². The molecule has 0 bridgehead atoms. The van der Waals surface area contributed by atoms with Gasteiger partial charge in [0.15, 0.2) is 0 Å². The van der Waals surface area contributed by atoms with Crippen molar-refractivity contribution in [1.82, 2.24) is 20.9 Å². The van der Waals surface area contributed by atoms with Gasteiger partial charge < -0.3 is 30.5 Å². The highest BCUT2D eigenvalue weighted by molar-refractivity contribution is 6.01. The maximum Gasteiger partial charge on any atom is 0.268 e.